The van der Waals surface area contributed by atoms with Crippen LogP contribution in [0.5, 0.6) is 0 Å². The van der Waals surface area contributed by atoms with E-state index in [4.69, 9.17) is 0 Å². The van der Waals surface area contributed by atoms with Crippen molar-refractivity contribution in [3.05, 3.63) is 0 Å². The number of rotatable bonds is 4. The summed E-state index contributed by atoms with van der Waals surface area (Å²) < 4.78 is 4.51. The van der Waals surface area contributed by atoms with E-state index in [1.54, 1.807) is 0 Å². The van der Waals surface area contributed by atoms with Crippen molar-refractivity contribution in [1.29, 1.82) is 0 Å². The SMILES string of the molecule is CC[C@@H](C)CCC(=O)OC. The van der Waals surface area contributed by atoms with Gasteiger partial charge < -0.3 is 4.74 Å². The smallest absolute Gasteiger partial charge is 0.305 e. The fourth-order valence-electron chi connectivity index (χ4n) is 0.670. The van der Waals surface area contributed by atoms with E-state index in [1.165, 1.54) is 7.11 Å². The van der Waals surface area contributed by atoms with Gasteiger partial charge in [-0.15, -0.1) is 0 Å². The molecule has 0 saturated carbocycles. The Morgan fingerprint density at radius 1 is 1.60 bits per heavy atom. The van der Waals surface area contributed by atoms with Crippen LogP contribution in [0.15, 0.2) is 0 Å². The van der Waals surface area contributed by atoms with Gasteiger partial charge in [0.1, 0.15) is 0 Å². The minimum Gasteiger partial charge on any atom is -0.469 e. The zero-order chi connectivity index (χ0) is 7.98. The third kappa shape index (κ3) is 4.36. The Balaban J connectivity index is 3.26. The van der Waals surface area contributed by atoms with E-state index in [-0.39, 0.29) is 5.97 Å². The standard InChI is InChI=1S/C8H16O2/c1-4-7(2)5-6-8(9)10-3/h7H,4-6H2,1-3H3/t7-/m1/s1. The second-order valence-electron chi connectivity index (χ2n) is 2.63. The number of hydrogen-bond donors (Lipinski definition) is 0. The second-order valence-corrected chi connectivity index (χ2v) is 2.63. The van der Waals surface area contributed by atoms with Gasteiger partial charge in [-0.25, -0.2) is 0 Å². The number of ether oxygens (including phenoxy) is 1. The Kier molecular flexibility index (Phi) is 4.99. The van der Waals surface area contributed by atoms with Crippen molar-refractivity contribution in [2.75, 3.05) is 7.11 Å². The first-order valence-corrected chi connectivity index (χ1v) is 3.77. The van der Waals surface area contributed by atoms with E-state index in [2.05, 4.69) is 18.6 Å². The maximum atomic E-state index is 10.6. The van der Waals surface area contributed by atoms with Crippen LogP contribution in [0.3, 0.4) is 0 Å². The van der Waals surface area contributed by atoms with Gasteiger partial charge >= 0.3 is 5.97 Å². The van der Waals surface area contributed by atoms with Gasteiger partial charge in [0.25, 0.3) is 0 Å². The maximum Gasteiger partial charge on any atom is 0.305 e. The summed E-state index contributed by atoms with van der Waals surface area (Å²) in [6, 6.07) is 0. The molecule has 0 aliphatic carbocycles. The molecule has 1 atom stereocenters. The normalized spacial score (nSPS) is 12.7. The third-order valence-electron chi connectivity index (χ3n) is 1.77. The molecule has 0 rings (SSSR count). The molecule has 10 heavy (non-hydrogen) atoms. The maximum absolute atomic E-state index is 10.6. The molecule has 0 amide bonds. The van der Waals surface area contributed by atoms with E-state index in [1.807, 2.05) is 0 Å². The zero-order valence-corrected chi connectivity index (χ0v) is 7.02. The Morgan fingerprint density at radius 3 is 2.60 bits per heavy atom. The van der Waals surface area contributed by atoms with Gasteiger partial charge in [-0.1, -0.05) is 20.3 Å². The van der Waals surface area contributed by atoms with E-state index < -0.39 is 0 Å². The summed E-state index contributed by atoms with van der Waals surface area (Å²) in [6.07, 6.45) is 2.64. The summed E-state index contributed by atoms with van der Waals surface area (Å²) >= 11 is 0. The summed E-state index contributed by atoms with van der Waals surface area (Å²) in [5.41, 5.74) is 0. The molecule has 0 aromatic carbocycles. The van der Waals surface area contributed by atoms with Crippen molar-refractivity contribution in [3.63, 3.8) is 0 Å². The fourth-order valence-corrected chi connectivity index (χ4v) is 0.670. The predicted octanol–water partition coefficient (Wildman–Crippen LogP) is 1.99. The average molecular weight is 144 g/mol. The van der Waals surface area contributed by atoms with Crippen molar-refractivity contribution in [1.82, 2.24) is 0 Å². The molecule has 2 nitrogen and oxygen atoms in total. The van der Waals surface area contributed by atoms with Crippen LogP contribution >= 0.6 is 0 Å². The predicted molar refractivity (Wildman–Crippen MR) is 40.7 cm³/mol. The van der Waals surface area contributed by atoms with Gasteiger partial charge in [0.05, 0.1) is 7.11 Å². The lowest BCUT2D eigenvalue weighted by atomic mass is 10.0. The molecule has 0 N–H and O–H groups in total. The van der Waals surface area contributed by atoms with Crippen LogP contribution in [0, 0.1) is 5.92 Å². The van der Waals surface area contributed by atoms with Gasteiger partial charge in [-0.2, -0.15) is 0 Å². The molecule has 0 aliphatic heterocycles. The van der Waals surface area contributed by atoms with Crippen LogP contribution in [-0.2, 0) is 9.53 Å². The average Bonchev–Trinajstić information content (AvgIpc) is 1.99. The first-order chi connectivity index (χ1) is 4.70. The highest BCUT2D eigenvalue weighted by molar-refractivity contribution is 5.69. The van der Waals surface area contributed by atoms with Gasteiger partial charge in [0.15, 0.2) is 0 Å². The van der Waals surface area contributed by atoms with E-state index in [9.17, 15) is 4.79 Å². The van der Waals surface area contributed by atoms with Gasteiger partial charge in [0, 0.05) is 6.42 Å². The van der Waals surface area contributed by atoms with Crippen LogP contribution in [0.1, 0.15) is 33.1 Å². The summed E-state index contributed by atoms with van der Waals surface area (Å²) in [5.74, 6) is 0.541. The fraction of sp³-hybridized carbons (Fsp3) is 0.875. The van der Waals surface area contributed by atoms with Gasteiger partial charge in [-0.05, 0) is 12.3 Å². The summed E-state index contributed by atoms with van der Waals surface area (Å²) in [4.78, 5) is 10.6. The van der Waals surface area contributed by atoms with Crippen molar-refractivity contribution in [2.24, 2.45) is 5.92 Å². The Labute approximate surface area is 62.6 Å². The lowest BCUT2D eigenvalue weighted by Crippen LogP contribution is -2.02. The number of methoxy groups -OCH3 is 1. The number of carbonyl (C=O) groups excluding carboxylic acids is 1. The molecule has 0 aromatic rings. The molecular weight excluding hydrogens is 128 g/mol. The lowest BCUT2D eigenvalue weighted by Gasteiger charge is -2.05. The lowest BCUT2D eigenvalue weighted by molar-refractivity contribution is -0.140. The Morgan fingerprint density at radius 2 is 2.20 bits per heavy atom. The monoisotopic (exact) mass is 144 g/mol. The molecule has 0 unspecified atom stereocenters. The number of esters is 1. The van der Waals surface area contributed by atoms with Crippen molar-refractivity contribution in [3.8, 4) is 0 Å². The highest BCUT2D eigenvalue weighted by Crippen LogP contribution is 2.09. The topological polar surface area (TPSA) is 26.3 Å². The quantitative estimate of drug-likeness (QED) is 0.564. The van der Waals surface area contributed by atoms with Crippen molar-refractivity contribution >= 4 is 5.97 Å². The molecular formula is C8H16O2. The van der Waals surface area contributed by atoms with E-state index >= 15 is 0 Å². The highest BCUT2D eigenvalue weighted by Gasteiger charge is 2.03. The first-order valence-electron chi connectivity index (χ1n) is 3.77. The third-order valence-corrected chi connectivity index (χ3v) is 1.77. The molecule has 0 fully saturated rings. The van der Waals surface area contributed by atoms with Crippen LogP contribution in [0.25, 0.3) is 0 Å². The van der Waals surface area contributed by atoms with Crippen LogP contribution in [0.4, 0.5) is 0 Å². The Hall–Kier alpha value is -0.530. The molecule has 0 aliphatic rings. The van der Waals surface area contributed by atoms with Crippen LogP contribution < -0.4 is 0 Å². The highest BCUT2D eigenvalue weighted by atomic mass is 16.5. The largest absolute Gasteiger partial charge is 0.469 e. The molecule has 60 valence electrons. The summed E-state index contributed by atoms with van der Waals surface area (Å²) in [6.45, 7) is 4.27. The molecule has 0 spiro atoms. The van der Waals surface area contributed by atoms with Gasteiger partial charge in [-0.3, -0.25) is 4.79 Å². The zero-order valence-electron chi connectivity index (χ0n) is 7.02. The molecule has 2 heteroatoms. The molecule has 0 bridgehead atoms. The molecule has 0 saturated heterocycles. The van der Waals surface area contributed by atoms with Crippen LogP contribution in [0.2, 0.25) is 0 Å². The number of carbonyl (C=O) groups is 1. The summed E-state index contributed by atoms with van der Waals surface area (Å²) in [7, 11) is 1.43. The van der Waals surface area contributed by atoms with E-state index in [0.29, 0.717) is 12.3 Å². The van der Waals surface area contributed by atoms with Crippen molar-refractivity contribution in [2.45, 2.75) is 33.1 Å². The minimum atomic E-state index is -0.0969. The second kappa shape index (κ2) is 5.27. The number of hydrogen-bond acceptors (Lipinski definition) is 2. The molecule has 0 heterocycles. The van der Waals surface area contributed by atoms with Crippen molar-refractivity contribution < 1.29 is 9.53 Å². The molecule has 0 radical (unpaired) electrons. The summed E-state index contributed by atoms with van der Waals surface area (Å²) in [5, 5.41) is 0. The Bertz CT molecular complexity index is 99.4. The van der Waals surface area contributed by atoms with Crippen LogP contribution in [-0.4, -0.2) is 13.1 Å². The minimum absolute atomic E-state index is 0.0969. The molecule has 0 aromatic heterocycles. The van der Waals surface area contributed by atoms with E-state index in [0.717, 1.165) is 12.8 Å². The first kappa shape index (κ1) is 9.47. The van der Waals surface area contributed by atoms with Gasteiger partial charge in [0.2, 0.25) is 0 Å².